The summed E-state index contributed by atoms with van der Waals surface area (Å²) in [5.74, 6) is -0.232. The van der Waals surface area contributed by atoms with Gasteiger partial charge in [-0.1, -0.05) is 12.1 Å². The van der Waals surface area contributed by atoms with Crippen LogP contribution in [0.15, 0.2) is 52.2 Å². The van der Waals surface area contributed by atoms with Crippen molar-refractivity contribution in [3.63, 3.8) is 0 Å². The third kappa shape index (κ3) is 5.12. The molecule has 0 aliphatic carbocycles. The molecule has 2 aromatic carbocycles. The highest BCUT2D eigenvalue weighted by molar-refractivity contribution is 7.89. The molecule has 34 heavy (non-hydrogen) atoms. The van der Waals surface area contributed by atoms with Gasteiger partial charge in [-0.3, -0.25) is 9.59 Å². The molecule has 2 heterocycles. The molecule has 1 aromatic heterocycles. The van der Waals surface area contributed by atoms with E-state index >= 15 is 0 Å². The van der Waals surface area contributed by atoms with E-state index in [1.54, 1.807) is 12.1 Å². The van der Waals surface area contributed by atoms with E-state index in [0.29, 0.717) is 29.9 Å². The number of sulfonamides is 1. The van der Waals surface area contributed by atoms with Crippen molar-refractivity contribution in [3.05, 3.63) is 75.1 Å². The van der Waals surface area contributed by atoms with Crippen LogP contribution in [0.4, 0.5) is 0 Å². The number of aryl methyl sites for hydroxylation is 2. The molecule has 0 spiro atoms. The summed E-state index contributed by atoms with van der Waals surface area (Å²) in [6.07, 6.45) is -0.469. The van der Waals surface area contributed by atoms with Crippen LogP contribution in [-0.2, 0) is 26.0 Å². The van der Waals surface area contributed by atoms with Crippen LogP contribution in [0.5, 0.6) is 0 Å². The molecule has 180 valence electrons. The van der Waals surface area contributed by atoms with Crippen molar-refractivity contribution in [2.45, 2.75) is 38.3 Å². The minimum absolute atomic E-state index is 0.0109. The minimum Gasteiger partial charge on any atom is -0.376 e. The summed E-state index contributed by atoms with van der Waals surface area (Å²) in [4.78, 5) is 27.6. The molecule has 1 aliphatic heterocycles. The standard InChI is InChI=1S/C25H28N2O6S/c1-16-9-20-11-21(25(29)26-24(20)10-17(16)2)13-27(14-22-15-32-7-8-33-22)34(30,31)23-6-4-5-19(12-23)18(3)28/h4-6,9-12,22H,7-8,13-15H2,1-3H3,(H,26,29)/t22-/m1/s1. The molecule has 0 radical (unpaired) electrons. The Hall–Kier alpha value is -2.85. The molecule has 1 atom stereocenters. The number of nitrogens with zero attached hydrogens (tertiary/aromatic N) is 1. The third-order valence-electron chi connectivity index (χ3n) is 6.05. The zero-order valence-corrected chi connectivity index (χ0v) is 20.3. The van der Waals surface area contributed by atoms with E-state index < -0.39 is 16.1 Å². The largest absolute Gasteiger partial charge is 0.376 e. The van der Waals surface area contributed by atoms with Gasteiger partial charge in [0.25, 0.3) is 5.56 Å². The fourth-order valence-electron chi connectivity index (χ4n) is 3.97. The van der Waals surface area contributed by atoms with E-state index in [2.05, 4.69) is 4.98 Å². The highest BCUT2D eigenvalue weighted by Crippen LogP contribution is 2.23. The predicted octanol–water partition coefficient (Wildman–Crippen LogP) is 2.95. The van der Waals surface area contributed by atoms with Crippen molar-refractivity contribution in [3.8, 4) is 0 Å². The van der Waals surface area contributed by atoms with Crippen molar-refractivity contribution in [1.29, 1.82) is 0 Å². The maximum absolute atomic E-state index is 13.7. The second-order valence-electron chi connectivity index (χ2n) is 8.60. The van der Waals surface area contributed by atoms with E-state index in [0.717, 1.165) is 16.5 Å². The summed E-state index contributed by atoms with van der Waals surface area (Å²) in [7, 11) is -4.05. The molecule has 1 saturated heterocycles. The van der Waals surface area contributed by atoms with Gasteiger partial charge in [0.2, 0.25) is 10.0 Å². The molecular weight excluding hydrogens is 456 g/mol. The third-order valence-corrected chi connectivity index (χ3v) is 7.86. The number of ketones is 1. The van der Waals surface area contributed by atoms with Crippen LogP contribution in [0.1, 0.15) is 34.0 Å². The summed E-state index contributed by atoms with van der Waals surface area (Å²) in [5, 5.41) is 0.825. The number of benzene rings is 2. The number of H-pyrrole nitrogens is 1. The molecule has 3 aromatic rings. The molecule has 0 unspecified atom stereocenters. The SMILES string of the molecule is CC(=O)c1cccc(S(=O)(=O)N(Cc2cc3cc(C)c(C)cc3[nH]c2=O)C[C@@H]2COCCO2)c1. The minimum atomic E-state index is -4.05. The van der Waals surface area contributed by atoms with Gasteiger partial charge in [0.15, 0.2) is 5.78 Å². The lowest BCUT2D eigenvalue weighted by molar-refractivity contribution is -0.0923. The van der Waals surface area contributed by atoms with Gasteiger partial charge in [0.05, 0.1) is 30.8 Å². The number of hydrogen-bond acceptors (Lipinski definition) is 6. The Morgan fingerprint density at radius 1 is 1.12 bits per heavy atom. The number of carbonyl (C=O) groups is 1. The Kier molecular flexibility index (Phi) is 6.99. The van der Waals surface area contributed by atoms with Crippen molar-refractivity contribution in [2.24, 2.45) is 0 Å². The lowest BCUT2D eigenvalue weighted by Gasteiger charge is -2.29. The second kappa shape index (κ2) is 9.79. The molecule has 1 N–H and O–H groups in total. The van der Waals surface area contributed by atoms with Crippen LogP contribution in [0.3, 0.4) is 0 Å². The van der Waals surface area contributed by atoms with E-state index in [9.17, 15) is 18.0 Å². The molecule has 0 bridgehead atoms. The first-order chi connectivity index (χ1) is 16.1. The highest BCUT2D eigenvalue weighted by Gasteiger charge is 2.30. The van der Waals surface area contributed by atoms with Crippen LogP contribution in [0, 0.1) is 13.8 Å². The highest BCUT2D eigenvalue weighted by atomic mass is 32.2. The zero-order valence-electron chi connectivity index (χ0n) is 19.5. The molecule has 0 saturated carbocycles. The molecule has 1 fully saturated rings. The number of aromatic nitrogens is 1. The number of ether oxygens (including phenoxy) is 2. The van der Waals surface area contributed by atoms with Gasteiger partial charge >= 0.3 is 0 Å². The Bertz CT molecular complexity index is 1390. The Balaban J connectivity index is 1.75. The smallest absolute Gasteiger partial charge is 0.252 e. The van der Waals surface area contributed by atoms with Crippen molar-refractivity contribution in [1.82, 2.24) is 9.29 Å². The zero-order chi connectivity index (χ0) is 24.5. The maximum atomic E-state index is 13.7. The summed E-state index contributed by atoms with van der Waals surface area (Å²) in [5.41, 5.74) is 3.09. The lowest BCUT2D eigenvalue weighted by Crippen LogP contribution is -2.43. The number of aromatic amines is 1. The monoisotopic (exact) mass is 484 g/mol. The number of fused-ring (bicyclic) bond motifs is 1. The van der Waals surface area contributed by atoms with Gasteiger partial charge in [-0.2, -0.15) is 4.31 Å². The van der Waals surface area contributed by atoms with Crippen LogP contribution < -0.4 is 5.56 Å². The molecule has 8 nitrogen and oxygen atoms in total. The number of carbonyl (C=O) groups excluding carboxylic acids is 1. The molecular formula is C25H28N2O6S. The van der Waals surface area contributed by atoms with Crippen LogP contribution in [-0.4, -0.2) is 56.0 Å². The first-order valence-corrected chi connectivity index (χ1v) is 12.5. The van der Waals surface area contributed by atoms with Crippen molar-refractivity contribution < 1.29 is 22.7 Å². The number of nitrogens with one attached hydrogen (secondary N) is 1. The summed E-state index contributed by atoms with van der Waals surface area (Å²) in [6, 6.07) is 11.5. The number of Topliss-reactive ketones (excluding diaryl/α,β-unsaturated/α-hetero) is 1. The van der Waals surface area contributed by atoms with E-state index in [-0.39, 0.29) is 35.9 Å². The second-order valence-corrected chi connectivity index (χ2v) is 10.5. The van der Waals surface area contributed by atoms with Gasteiger partial charge < -0.3 is 14.5 Å². The molecule has 1 aliphatic rings. The van der Waals surface area contributed by atoms with Gasteiger partial charge in [-0.05, 0) is 67.6 Å². The topological polar surface area (TPSA) is 106 Å². The van der Waals surface area contributed by atoms with Gasteiger partial charge in [-0.15, -0.1) is 0 Å². The maximum Gasteiger partial charge on any atom is 0.252 e. The molecule has 9 heteroatoms. The quantitative estimate of drug-likeness (QED) is 0.517. The van der Waals surface area contributed by atoms with E-state index in [1.807, 2.05) is 26.0 Å². The molecule has 4 rings (SSSR count). The Morgan fingerprint density at radius 3 is 2.59 bits per heavy atom. The number of rotatable bonds is 7. The Labute approximate surface area is 198 Å². The Morgan fingerprint density at radius 2 is 1.88 bits per heavy atom. The van der Waals surface area contributed by atoms with Gasteiger partial charge in [0.1, 0.15) is 0 Å². The van der Waals surface area contributed by atoms with Crippen LogP contribution in [0.2, 0.25) is 0 Å². The number of pyridine rings is 1. The first-order valence-electron chi connectivity index (χ1n) is 11.1. The molecule has 0 amide bonds. The fourth-order valence-corrected chi connectivity index (χ4v) is 5.47. The summed E-state index contributed by atoms with van der Waals surface area (Å²) in [6.45, 7) is 6.28. The van der Waals surface area contributed by atoms with Gasteiger partial charge in [0, 0.05) is 29.7 Å². The summed E-state index contributed by atoms with van der Waals surface area (Å²) >= 11 is 0. The van der Waals surface area contributed by atoms with Crippen LogP contribution in [0.25, 0.3) is 10.9 Å². The van der Waals surface area contributed by atoms with Crippen molar-refractivity contribution >= 4 is 26.7 Å². The fraction of sp³-hybridized carbons (Fsp3) is 0.360. The number of hydrogen-bond donors (Lipinski definition) is 1. The van der Waals surface area contributed by atoms with E-state index in [4.69, 9.17) is 9.47 Å². The normalized spacial score (nSPS) is 16.8. The first kappa shape index (κ1) is 24.3. The lowest BCUT2D eigenvalue weighted by atomic mass is 10.0. The summed E-state index contributed by atoms with van der Waals surface area (Å²) < 4.78 is 39.7. The van der Waals surface area contributed by atoms with Crippen molar-refractivity contribution in [2.75, 3.05) is 26.4 Å². The predicted molar refractivity (Wildman–Crippen MR) is 129 cm³/mol. The van der Waals surface area contributed by atoms with Crippen LogP contribution >= 0.6 is 0 Å². The van der Waals surface area contributed by atoms with Gasteiger partial charge in [-0.25, -0.2) is 8.42 Å². The van der Waals surface area contributed by atoms with E-state index in [1.165, 1.54) is 29.4 Å². The average Bonchev–Trinajstić information content (AvgIpc) is 2.81. The average molecular weight is 485 g/mol.